The van der Waals surface area contributed by atoms with Gasteiger partial charge in [-0.25, -0.2) is 0 Å². The molecule has 0 aliphatic heterocycles. The van der Waals surface area contributed by atoms with Crippen LogP contribution in [-0.2, 0) is 0 Å². The van der Waals surface area contributed by atoms with E-state index < -0.39 is 0 Å². The van der Waals surface area contributed by atoms with Gasteiger partial charge in [0.25, 0.3) is 0 Å². The van der Waals surface area contributed by atoms with Crippen LogP contribution in [0.1, 0.15) is 12.0 Å². The fourth-order valence-corrected chi connectivity index (χ4v) is 9.07. The molecule has 1 aliphatic rings. The molecule has 0 radical (unpaired) electrons. The third-order valence-electron chi connectivity index (χ3n) is 11.6. The maximum absolute atomic E-state index is 2.54. The Kier molecular flexibility index (Phi) is 7.67. The second-order valence-corrected chi connectivity index (χ2v) is 14.9. The highest BCUT2D eigenvalue weighted by Gasteiger charge is 2.25. The van der Waals surface area contributed by atoms with Gasteiger partial charge in [0.05, 0.1) is 17.1 Å². The van der Waals surface area contributed by atoms with Gasteiger partial charge in [-0.3, -0.25) is 0 Å². The van der Waals surface area contributed by atoms with Gasteiger partial charge in [-0.15, -0.1) is 0 Å². The highest BCUT2D eigenvalue weighted by atomic mass is 15.2. The fourth-order valence-electron chi connectivity index (χ4n) is 9.07. The molecule has 1 heterocycles. The Hall–Kier alpha value is -7.16. The number of rotatable bonds is 6. The van der Waals surface area contributed by atoms with Crippen molar-refractivity contribution >= 4 is 71.1 Å². The molecule has 11 rings (SSSR count). The van der Waals surface area contributed by atoms with Crippen LogP contribution in [0.4, 0.5) is 11.4 Å². The van der Waals surface area contributed by atoms with E-state index in [1.807, 2.05) is 0 Å². The van der Waals surface area contributed by atoms with E-state index in [2.05, 4.69) is 222 Å². The molecule has 2 nitrogen and oxygen atoms in total. The summed E-state index contributed by atoms with van der Waals surface area (Å²) < 4.78 is 2.46. The van der Waals surface area contributed by atoms with E-state index in [1.165, 1.54) is 93.4 Å². The monoisotopic (exact) mass is 714 g/mol. The predicted octanol–water partition coefficient (Wildman–Crippen LogP) is 14.5. The van der Waals surface area contributed by atoms with Gasteiger partial charge in [0.15, 0.2) is 0 Å². The van der Waals surface area contributed by atoms with Gasteiger partial charge in [-0.2, -0.15) is 0 Å². The first kappa shape index (κ1) is 32.3. The number of hydrogen-bond acceptors (Lipinski definition) is 1. The summed E-state index contributed by atoms with van der Waals surface area (Å²) in [7, 11) is 0. The summed E-state index contributed by atoms with van der Waals surface area (Å²) in [6.45, 7) is 0. The van der Waals surface area contributed by atoms with Crippen LogP contribution in [0.25, 0.3) is 76.5 Å². The molecule has 56 heavy (non-hydrogen) atoms. The third-order valence-corrected chi connectivity index (χ3v) is 11.6. The van der Waals surface area contributed by atoms with Gasteiger partial charge in [0.1, 0.15) is 0 Å². The summed E-state index contributed by atoms with van der Waals surface area (Å²) in [5.74, 6) is 0. The van der Waals surface area contributed by atoms with Crippen LogP contribution < -0.4 is 4.90 Å². The van der Waals surface area contributed by atoms with Crippen LogP contribution in [0.2, 0.25) is 0 Å². The lowest BCUT2D eigenvalue weighted by atomic mass is 9.90. The smallest absolute Gasteiger partial charge is 0.0625 e. The predicted molar refractivity (Wildman–Crippen MR) is 239 cm³/mol. The summed E-state index contributed by atoms with van der Waals surface area (Å²) in [5.41, 5.74) is 11.0. The van der Waals surface area contributed by atoms with Crippen molar-refractivity contribution < 1.29 is 0 Å². The second-order valence-electron chi connectivity index (χ2n) is 14.9. The molecule has 0 amide bonds. The Morgan fingerprint density at radius 3 is 1.96 bits per heavy atom. The molecule has 1 aromatic heterocycles. The summed E-state index contributed by atoms with van der Waals surface area (Å²) in [6, 6.07) is 71.0. The third kappa shape index (κ3) is 5.33. The number of allylic oxidation sites excluding steroid dienone is 2. The first-order valence-electron chi connectivity index (χ1n) is 19.5. The van der Waals surface area contributed by atoms with Crippen LogP contribution in [0.15, 0.2) is 212 Å². The van der Waals surface area contributed by atoms with E-state index in [1.54, 1.807) is 0 Å². The van der Waals surface area contributed by atoms with Gasteiger partial charge in [0, 0.05) is 33.2 Å². The summed E-state index contributed by atoms with van der Waals surface area (Å²) >= 11 is 0. The first-order valence-corrected chi connectivity index (χ1v) is 19.5. The Bertz CT molecular complexity index is 3160. The van der Waals surface area contributed by atoms with E-state index in [0.717, 1.165) is 6.42 Å². The Morgan fingerprint density at radius 1 is 0.464 bits per heavy atom. The zero-order valence-electron chi connectivity index (χ0n) is 30.9. The molecule has 1 unspecified atom stereocenters. The minimum atomic E-state index is 0.0866. The molecule has 9 aromatic carbocycles. The van der Waals surface area contributed by atoms with Crippen LogP contribution in [0.3, 0.4) is 0 Å². The number of anilines is 2. The van der Waals surface area contributed by atoms with Crippen molar-refractivity contribution in [1.29, 1.82) is 0 Å². The van der Waals surface area contributed by atoms with E-state index in [9.17, 15) is 0 Å². The molecule has 1 aliphatic carbocycles. The minimum absolute atomic E-state index is 0.0866. The lowest BCUT2D eigenvalue weighted by Crippen LogP contribution is -2.30. The molecule has 0 N–H and O–H groups in total. The van der Waals surface area contributed by atoms with Gasteiger partial charge >= 0.3 is 0 Å². The Labute approximate surface area is 326 Å². The molecule has 0 spiro atoms. The lowest BCUT2D eigenvalue weighted by Gasteiger charge is -2.34. The van der Waals surface area contributed by atoms with Crippen molar-refractivity contribution in [3.8, 4) is 16.8 Å². The van der Waals surface area contributed by atoms with Crippen molar-refractivity contribution in [2.75, 3.05) is 4.90 Å². The van der Waals surface area contributed by atoms with E-state index >= 15 is 0 Å². The van der Waals surface area contributed by atoms with E-state index in [0.29, 0.717) is 0 Å². The molecular formula is C54H38N2. The van der Waals surface area contributed by atoms with Crippen LogP contribution in [0, 0.1) is 0 Å². The number of para-hydroxylation sites is 2. The van der Waals surface area contributed by atoms with Crippen molar-refractivity contribution in [3.05, 3.63) is 218 Å². The normalized spacial score (nSPS) is 14.2. The molecule has 10 aromatic rings. The van der Waals surface area contributed by atoms with Crippen LogP contribution in [-0.4, -0.2) is 10.6 Å². The molecule has 0 saturated heterocycles. The molecule has 0 fully saturated rings. The topological polar surface area (TPSA) is 8.17 Å². The summed E-state index contributed by atoms with van der Waals surface area (Å²) in [4.78, 5) is 2.54. The first-order chi connectivity index (χ1) is 27.8. The highest BCUT2D eigenvalue weighted by molar-refractivity contribution is 6.23. The average molecular weight is 715 g/mol. The van der Waals surface area contributed by atoms with Crippen LogP contribution in [0.5, 0.6) is 0 Å². The highest BCUT2D eigenvalue weighted by Crippen LogP contribution is 2.43. The van der Waals surface area contributed by atoms with Crippen molar-refractivity contribution in [1.82, 2.24) is 4.57 Å². The molecule has 0 bridgehead atoms. The molecule has 2 heteroatoms. The number of aromatic nitrogens is 1. The van der Waals surface area contributed by atoms with Crippen molar-refractivity contribution in [2.45, 2.75) is 12.5 Å². The van der Waals surface area contributed by atoms with Crippen molar-refractivity contribution in [2.24, 2.45) is 0 Å². The zero-order valence-corrected chi connectivity index (χ0v) is 30.9. The SMILES string of the molecule is C1=CC(c2cc3ccccc3c3c2c2ccccc2n3-c2ccccc2)=CC(N(c2ccc(-c3cccc4ccccc34)cc2)c2ccc3ccccc3c2)C1. The van der Waals surface area contributed by atoms with E-state index in [4.69, 9.17) is 0 Å². The number of fused-ring (bicyclic) bond motifs is 7. The second kappa shape index (κ2) is 13.3. The molecule has 264 valence electrons. The number of benzene rings is 9. The maximum Gasteiger partial charge on any atom is 0.0625 e. The van der Waals surface area contributed by atoms with Gasteiger partial charge in [-0.1, -0.05) is 164 Å². The van der Waals surface area contributed by atoms with Gasteiger partial charge < -0.3 is 9.47 Å². The number of nitrogens with zero attached hydrogens (tertiary/aromatic N) is 2. The Balaban J connectivity index is 1.10. The minimum Gasteiger partial charge on any atom is -0.334 e. The number of hydrogen-bond donors (Lipinski definition) is 0. The largest absolute Gasteiger partial charge is 0.334 e. The van der Waals surface area contributed by atoms with Crippen molar-refractivity contribution in [3.63, 3.8) is 0 Å². The van der Waals surface area contributed by atoms with Gasteiger partial charge in [-0.05, 0) is 104 Å². The molecule has 1 atom stereocenters. The van der Waals surface area contributed by atoms with Gasteiger partial charge in [0.2, 0.25) is 0 Å². The quantitative estimate of drug-likeness (QED) is 0.166. The summed E-state index contributed by atoms with van der Waals surface area (Å²) in [5, 5.41) is 10.1. The average Bonchev–Trinajstić information content (AvgIpc) is 3.62. The standard InChI is InChI=1S/C54H38N2/c1-2-20-43(21-3-1)56-52-27-11-10-25-50(52)53-51(36-42-17-7-9-24-49(42)54(53)56)41-19-12-22-45(35-41)55(46-33-28-37-14-4-5-16-40(37)34-46)44-31-29-39(30-32-44)48-26-13-18-38-15-6-8-23-47(38)48/h1-21,23-36,45H,22H2. The fraction of sp³-hybridized carbons (Fsp3) is 0.0370. The summed E-state index contributed by atoms with van der Waals surface area (Å²) in [6.07, 6.45) is 8.11. The maximum atomic E-state index is 2.54. The van der Waals surface area contributed by atoms with E-state index in [-0.39, 0.29) is 6.04 Å². The molecule has 0 saturated carbocycles. The Morgan fingerprint density at radius 2 is 1.12 bits per heavy atom. The molecular weight excluding hydrogens is 677 g/mol. The van der Waals surface area contributed by atoms with Crippen LogP contribution >= 0.6 is 0 Å². The zero-order chi connectivity index (χ0) is 37.0. The lowest BCUT2D eigenvalue weighted by molar-refractivity contribution is 0.788.